The van der Waals surface area contributed by atoms with Crippen molar-refractivity contribution >= 4 is 5.91 Å². The van der Waals surface area contributed by atoms with Gasteiger partial charge in [0, 0.05) is 6.54 Å². The Morgan fingerprint density at radius 1 is 1.64 bits per heavy atom. The summed E-state index contributed by atoms with van der Waals surface area (Å²) < 4.78 is 0. The molecule has 3 nitrogen and oxygen atoms in total. The molecule has 2 heterocycles. The van der Waals surface area contributed by atoms with Crippen molar-refractivity contribution in [1.82, 2.24) is 10.2 Å². The molecule has 11 heavy (non-hydrogen) atoms. The van der Waals surface area contributed by atoms with Gasteiger partial charge in [0.05, 0.1) is 12.0 Å². The Balaban J connectivity index is 1.98. The van der Waals surface area contributed by atoms with Gasteiger partial charge in [0.15, 0.2) is 0 Å². The number of β-lactam (4-membered cyclic amide) rings is 1. The van der Waals surface area contributed by atoms with Gasteiger partial charge in [-0.25, -0.2) is 0 Å². The number of carbonyl (C=O) groups excluding carboxylic acids is 1. The maximum atomic E-state index is 10.7. The van der Waals surface area contributed by atoms with E-state index in [9.17, 15) is 4.79 Å². The van der Waals surface area contributed by atoms with Gasteiger partial charge >= 0.3 is 0 Å². The molecule has 0 bridgehead atoms. The topological polar surface area (TPSA) is 32.3 Å². The number of carbonyl (C=O) groups is 1. The quantitative estimate of drug-likeness (QED) is 0.497. The second kappa shape index (κ2) is 2.21. The Labute approximate surface area is 66.8 Å². The zero-order valence-corrected chi connectivity index (χ0v) is 6.89. The highest BCUT2D eigenvalue weighted by Gasteiger charge is 2.44. The number of nitrogens with zero attached hydrogens (tertiary/aromatic N) is 1. The zero-order chi connectivity index (χ0) is 7.90. The molecular formula is C8H14N2O. The van der Waals surface area contributed by atoms with E-state index >= 15 is 0 Å². The molecule has 0 aromatic heterocycles. The second-order valence-electron chi connectivity index (χ2n) is 3.85. The van der Waals surface area contributed by atoms with E-state index in [1.807, 2.05) is 0 Å². The van der Waals surface area contributed by atoms with Crippen LogP contribution in [0.2, 0.25) is 0 Å². The lowest BCUT2D eigenvalue weighted by atomic mass is 9.80. The highest BCUT2D eigenvalue weighted by atomic mass is 16.2. The number of hydrogen-bond acceptors (Lipinski definition) is 2. The van der Waals surface area contributed by atoms with Crippen LogP contribution < -0.4 is 5.32 Å². The third kappa shape index (κ3) is 1.13. The van der Waals surface area contributed by atoms with Crippen molar-refractivity contribution in [3.05, 3.63) is 0 Å². The molecule has 1 spiro atoms. The molecule has 2 fully saturated rings. The van der Waals surface area contributed by atoms with Crippen LogP contribution in [0.3, 0.4) is 0 Å². The van der Waals surface area contributed by atoms with Crippen molar-refractivity contribution in [3.63, 3.8) is 0 Å². The first-order chi connectivity index (χ1) is 5.20. The SMILES string of the molecule is CN1CCC[C@]2(CC(=O)N2)C1. The smallest absolute Gasteiger partial charge is 0.222 e. The van der Waals surface area contributed by atoms with Gasteiger partial charge in [0.25, 0.3) is 0 Å². The van der Waals surface area contributed by atoms with E-state index in [2.05, 4.69) is 17.3 Å². The monoisotopic (exact) mass is 154 g/mol. The fourth-order valence-corrected chi connectivity index (χ4v) is 2.19. The molecule has 0 aromatic rings. The molecule has 2 saturated heterocycles. The van der Waals surface area contributed by atoms with Crippen LogP contribution in [0.15, 0.2) is 0 Å². The highest BCUT2D eigenvalue weighted by Crippen LogP contribution is 2.29. The van der Waals surface area contributed by atoms with E-state index in [4.69, 9.17) is 0 Å². The molecule has 1 amide bonds. The summed E-state index contributed by atoms with van der Waals surface area (Å²) in [6, 6.07) is 0. The third-order valence-electron chi connectivity index (χ3n) is 2.67. The van der Waals surface area contributed by atoms with Crippen molar-refractivity contribution in [2.24, 2.45) is 0 Å². The normalized spacial score (nSPS) is 38.5. The van der Waals surface area contributed by atoms with Gasteiger partial charge in [-0.15, -0.1) is 0 Å². The Hall–Kier alpha value is -0.570. The van der Waals surface area contributed by atoms with E-state index in [1.54, 1.807) is 0 Å². The van der Waals surface area contributed by atoms with E-state index in [1.165, 1.54) is 19.4 Å². The van der Waals surface area contributed by atoms with Crippen LogP contribution in [0.5, 0.6) is 0 Å². The number of likely N-dealkylation sites (N-methyl/N-ethyl adjacent to an activating group) is 1. The molecule has 62 valence electrons. The second-order valence-corrected chi connectivity index (χ2v) is 3.85. The van der Waals surface area contributed by atoms with Gasteiger partial charge in [0.2, 0.25) is 5.91 Å². The van der Waals surface area contributed by atoms with Gasteiger partial charge in [-0.3, -0.25) is 4.79 Å². The Kier molecular flexibility index (Phi) is 1.42. The molecular weight excluding hydrogens is 140 g/mol. The largest absolute Gasteiger partial charge is 0.349 e. The Morgan fingerprint density at radius 2 is 2.36 bits per heavy atom. The van der Waals surface area contributed by atoms with Gasteiger partial charge in [-0.2, -0.15) is 0 Å². The summed E-state index contributed by atoms with van der Waals surface area (Å²) >= 11 is 0. The predicted molar refractivity (Wildman–Crippen MR) is 42.2 cm³/mol. The molecule has 0 aliphatic carbocycles. The third-order valence-corrected chi connectivity index (χ3v) is 2.67. The molecule has 3 heteroatoms. The van der Waals surface area contributed by atoms with Crippen molar-refractivity contribution in [1.29, 1.82) is 0 Å². The van der Waals surface area contributed by atoms with Gasteiger partial charge in [0.1, 0.15) is 0 Å². The van der Waals surface area contributed by atoms with Crippen LogP contribution in [0, 0.1) is 0 Å². The van der Waals surface area contributed by atoms with Gasteiger partial charge in [-0.05, 0) is 26.4 Å². The molecule has 1 N–H and O–H groups in total. The van der Waals surface area contributed by atoms with Crippen LogP contribution >= 0.6 is 0 Å². The molecule has 2 aliphatic heterocycles. The average Bonchev–Trinajstić information content (AvgIpc) is 1.84. The highest BCUT2D eigenvalue weighted by molar-refractivity contribution is 5.84. The molecule has 0 aromatic carbocycles. The Bertz CT molecular complexity index is 183. The molecule has 0 saturated carbocycles. The lowest BCUT2D eigenvalue weighted by molar-refractivity contribution is -0.134. The summed E-state index contributed by atoms with van der Waals surface area (Å²) in [4.78, 5) is 13.0. The predicted octanol–water partition coefficient (Wildman–Crippen LogP) is -0.0293. The fourth-order valence-electron chi connectivity index (χ4n) is 2.19. The number of nitrogens with one attached hydrogen (secondary N) is 1. The molecule has 2 aliphatic rings. The van der Waals surface area contributed by atoms with Gasteiger partial charge in [-0.1, -0.05) is 0 Å². The number of amides is 1. The lowest BCUT2D eigenvalue weighted by Gasteiger charge is -2.47. The minimum absolute atomic E-state index is 0.171. The van der Waals surface area contributed by atoms with Crippen LogP contribution in [-0.4, -0.2) is 36.5 Å². The first kappa shape index (κ1) is 7.10. The van der Waals surface area contributed by atoms with Crippen LogP contribution in [-0.2, 0) is 4.79 Å². The van der Waals surface area contributed by atoms with Crippen molar-refractivity contribution < 1.29 is 4.79 Å². The number of rotatable bonds is 0. The van der Waals surface area contributed by atoms with Crippen LogP contribution in [0.25, 0.3) is 0 Å². The molecule has 2 rings (SSSR count). The summed E-state index contributed by atoms with van der Waals surface area (Å²) in [5.41, 5.74) is 0.171. The van der Waals surface area contributed by atoms with Crippen molar-refractivity contribution in [3.8, 4) is 0 Å². The lowest BCUT2D eigenvalue weighted by Crippen LogP contribution is -2.67. The van der Waals surface area contributed by atoms with E-state index in [0.29, 0.717) is 0 Å². The Morgan fingerprint density at radius 3 is 2.91 bits per heavy atom. The van der Waals surface area contributed by atoms with E-state index < -0.39 is 0 Å². The summed E-state index contributed by atoms with van der Waals surface area (Å²) in [5.74, 6) is 0.223. The summed E-state index contributed by atoms with van der Waals surface area (Å²) in [7, 11) is 2.12. The standard InChI is InChI=1S/C8H14N2O/c1-10-4-2-3-8(6-10)5-7(11)9-8/h2-6H2,1H3,(H,9,11)/t8-/m0/s1. The van der Waals surface area contributed by atoms with Crippen molar-refractivity contribution in [2.75, 3.05) is 20.1 Å². The first-order valence-corrected chi connectivity index (χ1v) is 4.20. The van der Waals surface area contributed by atoms with E-state index in [-0.39, 0.29) is 11.4 Å². The molecule has 0 unspecified atom stereocenters. The summed E-state index contributed by atoms with van der Waals surface area (Å²) in [5, 5.41) is 3.01. The molecule has 1 atom stereocenters. The fraction of sp³-hybridized carbons (Fsp3) is 0.875. The average molecular weight is 154 g/mol. The number of piperidine rings is 1. The number of hydrogen-bond donors (Lipinski definition) is 1. The van der Waals surface area contributed by atoms with Crippen LogP contribution in [0.4, 0.5) is 0 Å². The van der Waals surface area contributed by atoms with Crippen molar-refractivity contribution in [2.45, 2.75) is 24.8 Å². The maximum Gasteiger partial charge on any atom is 0.222 e. The van der Waals surface area contributed by atoms with Crippen LogP contribution in [0.1, 0.15) is 19.3 Å². The number of likely N-dealkylation sites (tertiary alicyclic amines) is 1. The minimum Gasteiger partial charge on any atom is -0.349 e. The van der Waals surface area contributed by atoms with Gasteiger partial charge < -0.3 is 10.2 Å². The minimum atomic E-state index is 0.171. The maximum absolute atomic E-state index is 10.7. The molecule has 0 radical (unpaired) electrons. The summed E-state index contributed by atoms with van der Waals surface area (Å²) in [6.45, 7) is 2.22. The first-order valence-electron chi connectivity index (χ1n) is 4.20. The van der Waals surface area contributed by atoms with E-state index in [0.717, 1.165) is 13.0 Å². The summed E-state index contributed by atoms with van der Waals surface area (Å²) in [6.07, 6.45) is 3.14. The zero-order valence-electron chi connectivity index (χ0n) is 6.89.